The summed E-state index contributed by atoms with van der Waals surface area (Å²) in [7, 11) is 0. The van der Waals surface area contributed by atoms with Gasteiger partial charge in [0.05, 0.1) is 23.7 Å². The maximum Gasteiger partial charge on any atom is 0.243 e. The summed E-state index contributed by atoms with van der Waals surface area (Å²) in [5.74, 6) is -1.36. The standard InChI is InChI=1S/C16H13Cl2FN2O2/c17-11-5-6-14(12(18)8-11)21-16(23)9-20-15(22)7-10-3-1-2-4-13(10)19/h1-6,8H,7,9H2,(H,20,22)(H,21,23). The molecule has 0 aliphatic rings. The van der Waals surface area contributed by atoms with Gasteiger partial charge in [-0.3, -0.25) is 9.59 Å². The Bertz CT molecular complexity index is 738. The molecule has 2 N–H and O–H groups in total. The molecule has 0 saturated carbocycles. The van der Waals surface area contributed by atoms with E-state index < -0.39 is 17.6 Å². The van der Waals surface area contributed by atoms with Gasteiger partial charge in [-0.2, -0.15) is 0 Å². The van der Waals surface area contributed by atoms with Gasteiger partial charge >= 0.3 is 0 Å². The van der Waals surface area contributed by atoms with Crippen molar-refractivity contribution in [2.45, 2.75) is 6.42 Å². The van der Waals surface area contributed by atoms with Crippen LogP contribution in [0.25, 0.3) is 0 Å². The van der Waals surface area contributed by atoms with Crippen LogP contribution in [0.2, 0.25) is 10.0 Å². The number of hydrogen-bond acceptors (Lipinski definition) is 2. The minimum Gasteiger partial charge on any atom is -0.347 e. The van der Waals surface area contributed by atoms with E-state index >= 15 is 0 Å². The number of halogens is 3. The van der Waals surface area contributed by atoms with Crippen molar-refractivity contribution in [1.82, 2.24) is 5.32 Å². The first-order valence-corrected chi connectivity index (χ1v) is 7.46. The summed E-state index contributed by atoms with van der Waals surface area (Å²) in [4.78, 5) is 23.5. The number of carbonyl (C=O) groups excluding carboxylic acids is 2. The molecule has 4 nitrogen and oxygen atoms in total. The monoisotopic (exact) mass is 354 g/mol. The van der Waals surface area contributed by atoms with Crippen LogP contribution in [-0.4, -0.2) is 18.4 Å². The van der Waals surface area contributed by atoms with Crippen LogP contribution in [0, 0.1) is 5.82 Å². The summed E-state index contributed by atoms with van der Waals surface area (Å²) in [5.41, 5.74) is 0.663. The van der Waals surface area contributed by atoms with Gasteiger partial charge in [0.2, 0.25) is 11.8 Å². The third-order valence-electron chi connectivity index (χ3n) is 2.96. The third-order valence-corrected chi connectivity index (χ3v) is 3.51. The lowest BCUT2D eigenvalue weighted by Gasteiger charge is -2.09. The van der Waals surface area contributed by atoms with E-state index in [1.54, 1.807) is 24.3 Å². The summed E-state index contributed by atoms with van der Waals surface area (Å²) in [5, 5.41) is 5.72. The average molecular weight is 355 g/mol. The van der Waals surface area contributed by atoms with Crippen LogP contribution in [0.3, 0.4) is 0 Å². The summed E-state index contributed by atoms with van der Waals surface area (Å²) in [6, 6.07) is 10.6. The van der Waals surface area contributed by atoms with E-state index in [1.807, 2.05) is 0 Å². The minimum absolute atomic E-state index is 0.137. The zero-order valence-corrected chi connectivity index (χ0v) is 13.4. The molecule has 7 heteroatoms. The maximum atomic E-state index is 13.4. The molecular weight excluding hydrogens is 342 g/mol. The molecule has 0 atom stereocenters. The van der Waals surface area contributed by atoms with Gasteiger partial charge < -0.3 is 10.6 Å². The Labute approximate surface area is 142 Å². The quantitative estimate of drug-likeness (QED) is 0.863. The molecule has 2 amide bonds. The Hall–Kier alpha value is -2.11. The summed E-state index contributed by atoms with van der Waals surface area (Å²) in [6.07, 6.45) is -0.137. The number of nitrogens with one attached hydrogen (secondary N) is 2. The first-order chi connectivity index (χ1) is 11.0. The van der Waals surface area contributed by atoms with E-state index in [0.29, 0.717) is 15.7 Å². The third kappa shape index (κ3) is 5.23. The molecule has 0 aliphatic carbocycles. The van der Waals surface area contributed by atoms with Crippen LogP contribution in [0.1, 0.15) is 5.56 Å². The Morgan fingerprint density at radius 2 is 1.78 bits per heavy atom. The molecule has 2 aromatic carbocycles. The number of anilines is 1. The SMILES string of the molecule is O=C(Cc1ccccc1F)NCC(=O)Nc1ccc(Cl)cc1Cl. The van der Waals surface area contributed by atoms with Crippen LogP contribution < -0.4 is 10.6 Å². The van der Waals surface area contributed by atoms with Crippen molar-refractivity contribution in [3.8, 4) is 0 Å². The van der Waals surface area contributed by atoms with Crippen LogP contribution in [0.4, 0.5) is 10.1 Å². The highest BCUT2D eigenvalue weighted by atomic mass is 35.5. The highest BCUT2D eigenvalue weighted by molar-refractivity contribution is 6.36. The van der Waals surface area contributed by atoms with E-state index in [0.717, 1.165) is 0 Å². The van der Waals surface area contributed by atoms with Gasteiger partial charge in [0, 0.05) is 5.02 Å². The second-order valence-electron chi connectivity index (χ2n) is 4.72. The molecule has 0 aliphatic heterocycles. The Kier molecular flexibility index (Phi) is 5.96. The topological polar surface area (TPSA) is 58.2 Å². The largest absolute Gasteiger partial charge is 0.347 e. The van der Waals surface area contributed by atoms with Gasteiger partial charge in [0.1, 0.15) is 5.82 Å². The molecule has 23 heavy (non-hydrogen) atoms. The van der Waals surface area contributed by atoms with Crippen molar-refractivity contribution in [3.05, 3.63) is 63.9 Å². The minimum atomic E-state index is -0.458. The summed E-state index contributed by atoms with van der Waals surface area (Å²) in [6.45, 7) is -0.244. The molecular formula is C16H13Cl2FN2O2. The first-order valence-electron chi connectivity index (χ1n) is 6.70. The number of rotatable bonds is 5. The molecule has 0 saturated heterocycles. The van der Waals surface area contributed by atoms with Gasteiger partial charge in [-0.15, -0.1) is 0 Å². The van der Waals surface area contributed by atoms with Gasteiger partial charge in [0.15, 0.2) is 0 Å². The van der Waals surface area contributed by atoms with Gasteiger partial charge in [-0.1, -0.05) is 41.4 Å². The van der Waals surface area contributed by atoms with Crippen molar-refractivity contribution in [1.29, 1.82) is 0 Å². The van der Waals surface area contributed by atoms with Gasteiger partial charge in [-0.05, 0) is 29.8 Å². The lowest BCUT2D eigenvalue weighted by molar-refractivity contribution is -0.123. The molecule has 0 heterocycles. The second-order valence-corrected chi connectivity index (χ2v) is 5.56. The van der Waals surface area contributed by atoms with Crippen LogP contribution in [0.15, 0.2) is 42.5 Å². The molecule has 2 rings (SSSR count). The van der Waals surface area contributed by atoms with Crippen molar-refractivity contribution >= 4 is 40.7 Å². The van der Waals surface area contributed by atoms with Crippen molar-refractivity contribution in [3.63, 3.8) is 0 Å². The van der Waals surface area contributed by atoms with Crippen molar-refractivity contribution < 1.29 is 14.0 Å². The lowest BCUT2D eigenvalue weighted by atomic mass is 10.1. The fourth-order valence-corrected chi connectivity index (χ4v) is 2.30. The van der Waals surface area contributed by atoms with E-state index in [-0.39, 0.29) is 18.5 Å². The Balaban J connectivity index is 1.84. The number of amides is 2. The zero-order valence-electron chi connectivity index (χ0n) is 11.9. The van der Waals surface area contributed by atoms with Gasteiger partial charge in [0.25, 0.3) is 0 Å². The number of hydrogen-bond donors (Lipinski definition) is 2. The van der Waals surface area contributed by atoms with Gasteiger partial charge in [-0.25, -0.2) is 4.39 Å². The summed E-state index contributed by atoms with van der Waals surface area (Å²) >= 11 is 11.7. The predicted octanol–water partition coefficient (Wildman–Crippen LogP) is 3.43. The average Bonchev–Trinajstić information content (AvgIpc) is 2.50. The number of carbonyl (C=O) groups is 2. The van der Waals surface area contributed by atoms with E-state index in [9.17, 15) is 14.0 Å². The zero-order chi connectivity index (χ0) is 16.8. The molecule has 0 bridgehead atoms. The van der Waals surface area contributed by atoms with Crippen molar-refractivity contribution in [2.75, 3.05) is 11.9 Å². The molecule has 0 aromatic heterocycles. The highest BCUT2D eigenvalue weighted by Crippen LogP contribution is 2.25. The maximum absolute atomic E-state index is 13.4. The first kappa shape index (κ1) is 17.2. The fraction of sp³-hybridized carbons (Fsp3) is 0.125. The van der Waals surface area contributed by atoms with Crippen LogP contribution in [0.5, 0.6) is 0 Å². The lowest BCUT2D eigenvalue weighted by Crippen LogP contribution is -2.34. The Morgan fingerprint density at radius 3 is 2.48 bits per heavy atom. The summed E-state index contributed by atoms with van der Waals surface area (Å²) < 4.78 is 13.4. The molecule has 0 radical (unpaired) electrons. The molecule has 120 valence electrons. The highest BCUT2D eigenvalue weighted by Gasteiger charge is 2.10. The Morgan fingerprint density at radius 1 is 1.04 bits per heavy atom. The van der Waals surface area contributed by atoms with E-state index in [1.165, 1.54) is 18.2 Å². The van der Waals surface area contributed by atoms with Crippen LogP contribution in [-0.2, 0) is 16.0 Å². The van der Waals surface area contributed by atoms with Crippen molar-refractivity contribution in [2.24, 2.45) is 0 Å². The van der Waals surface area contributed by atoms with E-state index in [4.69, 9.17) is 23.2 Å². The van der Waals surface area contributed by atoms with Crippen LogP contribution >= 0.6 is 23.2 Å². The second kappa shape index (κ2) is 7.94. The molecule has 2 aromatic rings. The van der Waals surface area contributed by atoms with E-state index in [2.05, 4.69) is 10.6 Å². The molecule has 0 unspecified atom stereocenters. The molecule has 0 spiro atoms. The normalized spacial score (nSPS) is 10.2. The smallest absolute Gasteiger partial charge is 0.243 e. The fourth-order valence-electron chi connectivity index (χ4n) is 1.84. The number of benzene rings is 2. The predicted molar refractivity (Wildman–Crippen MR) is 88.2 cm³/mol. The molecule has 0 fully saturated rings.